The van der Waals surface area contributed by atoms with Crippen LogP contribution in [-0.2, 0) is 20.1 Å². The minimum atomic E-state index is -0.958. The molecule has 0 saturated heterocycles. The Labute approximate surface area is 169 Å². The molecule has 3 rings (SSSR count). The molecular formula is C22H25N3O4. The maximum atomic E-state index is 11.6. The second-order valence-corrected chi connectivity index (χ2v) is 7.11. The van der Waals surface area contributed by atoms with Crippen LogP contribution in [0.15, 0.2) is 48.7 Å². The Balaban J connectivity index is 1.70. The zero-order valence-corrected chi connectivity index (χ0v) is 16.8. The van der Waals surface area contributed by atoms with Crippen molar-refractivity contribution in [1.29, 1.82) is 0 Å². The summed E-state index contributed by atoms with van der Waals surface area (Å²) in [6, 6.07) is 12.5. The molecule has 152 valence electrons. The number of benzene rings is 2. The van der Waals surface area contributed by atoms with Crippen molar-refractivity contribution >= 4 is 22.9 Å². The fourth-order valence-corrected chi connectivity index (χ4v) is 3.12. The van der Waals surface area contributed by atoms with Gasteiger partial charge < -0.3 is 24.6 Å². The Morgan fingerprint density at radius 2 is 1.86 bits per heavy atom. The van der Waals surface area contributed by atoms with Gasteiger partial charge in [0, 0.05) is 50.4 Å². The van der Waals surface area contributed by atoms with Crippen molar-refractivity contribution in [3.63, 3.8) is 0 Å². The molecule has 0 aliphatic heterocycles. The van der Waals surface area contributed by atoms with Crippen LogP contribution in [0, 0.1) is 0 Å². The number of amides is 2. The van der Waals surface area contributed by atoms with E-state index in [1.54, 1.807) is 26.2 Å². The summed E-state index contributed by atoms with van der Waals surface area (Å²) in [6.45, 7) is 0.946. The second kappa shape index (κ2) is 8.68. The number of carbonyl (C=O) groups is 2. The highest BCUT2D eigenvalue weighted by atomic mass is 16.5. The van der Waals surface area contributed by atoms with Crippen LogP contribution in [0.2, 0.25) is 0 Å². The third-order valence-corrected chi connectivity index (χ3v) is 4.73. The quantitative estimate of drug-likeness (QED) is 0.643. The van der Waals surface area contributed by atoms with Gasteiger partial charge in [0.15, 0.2) is 0 Å². The number of fused-ring (bicyclic) bond motifs is 1. The van der Waals surface area contributed by atoms with Gasteiger partial charge in [0.05, 0.1) is 5.56 Å². The maximum absolute atomic E-state index is 11.6. The lowest BCUT2D eigenvalue weighted by molar-refractivity contribution is 0.0697. The molecule has 0 radical (unpaired) electrons. The molecule has 2 amide bonds. The number of aromatic carboxylic acids is 1. The van der Waals surface area contributed by atoms with Crippen LogP contribution in [0.4, 0.5) is 4.79 Å². The predicted octanol–water partition coefficient (Wildman–Crippen LogP) is 3.27. The van der Waals surface area contributed by atoms with E-state index >= 15 is 0 Å². The Bertz CT molecular complexity index is 1020. The number of hydrogen-bond donors (Lipinski definition) is 2. The van der Waals surface area contributed by atoms with Gasteiger partial charge in [0.2, 0.25) is 0 Å². The van der Waals surface area contributed by atoms with Crippen LogP contribution in [0.1, 0.15) is 21.5 Å². The number of hydrogen-bond acceptors (Lipinski definition) is 3. The molecule has 0 atom stereocenters. The van der Waals surface area contributed by atoms with Gasteiger partial charge >= 0.3 is 12.0 Å². The largest absolute Gasteiger partial charge is 0.489 e. The molecule has 2 N–H and O–H groups in total. The minimum Gasteiger partial charge on any atom is -0.489 e. The topological polar surface area (TPSA) is 83.8 Å². The van der Waals surface area contributed by atoms with Gasteiger partial charge in [-0.2, -0.15) is 0 Å². The van der Waals surface area contributed by atoms with Crippen molar-refractivity contribution in [3.05, 3.63) is 65.4 Å². The monoisotopic (exact) mass is 395 g/mol. The summed E-state index contributed by atoms with van der Waals surface area (Å²) in [4.78, 5) is 24.1. The van der Waals surface area contributed by atoms with E-state index in [1.807, 2.05) is 13.2 Å². The Morgan fingerprint density at radius 1 is 1.14 bits per heavy atom. The molecule has 0 saturated carbocycles. The first-order chi connectivity index (χ1) is 13.8. The summed E-state index contributed by atoms with van der Waals surface area (Å²) in [5, 5.41) is 13.0. The van der Waals surface area contributed by atoms with E-state index in [1.165, 1.54) is 17.0 Å². The van der Waals surface area contributed by atoms with Crippen molar-refractivity contribution < 1.29 is 19.4 Å². The van der Waals surface area contributed by atoms with Gasteiger partial charge in [-0.05, 0) is 48.4 Å². The summed E-state index contributed by atoms with van der Waals surface area (Å²) in [5.41, 5.74) is 3.51. The third kappa shape index (κ3) is 4.87. The van der Waals surface area contributed by atoms with E-state index in [0.717, 1.165) is 28.5 Å². The summed E-state index contributed by atoms with van der Waals surface area (Å²) >= 11 is 0. The van der Waals surface area contributed by atoms with E-state index in [9.17, 15) is 9.59 Å². The number of ether oxygens (including phenoxy) is 1. The van der Waals surface area contributed by atoms with Gasteiger partial charge in [-0.25, -0.2) is 9.59 Å². The molecule has 0 fully saturated rings. The molecule has 0 aliphatic carbocycles. The number of aromatic nitrogens is 1. The number of aryl methyl sites for hydroxylation is 1. The lowest BCUT2D eigenvalue weighted by atomic mass is 10.1. The highest BCUT2D eigenvalue weighted by Gasteiger charge is 2.10. The third-order valence-electron chi connectivity index (χ3n) is 4.73. The highest BCUT2D eigenvalue weighted by molar-refractivity contribution is 5.87. The second-order valence-electron chi connectivity index (χ2n) is 7.11. The van der Waals surface area contributed by atoms with Gasteiger partial charge in [-0.3, -0.25) is 0 Å². The Kier molecular flexibility index (Phi) is 6.07. The smallest absolute Gasteiger partial charge is 0.335 e. The van der Waals surface area contributed by atoms with Crippen LogP contribution in [0.25, 0.3) is 10.9 Å². The SMILES string of the molecule is CN(C)C(=O)NCCc1ccc2c(c1)c(COc1ccc(C(=O)O)cc1)cn2C. The molecule has 3 aromatic rings. The predicted molar refractivity (Wildman–Crippen MR) is 111 cm³/mol. The van der Waals surface area contributed by atoms with Crippen LogP contribution in [0.5, 0.6) is 5.75 Å². The number of urea groups is 1. The molecule has 29 heavy (non-hydrogen) atoms. The van der Waals surface area contributed by atoms with Crippen LogP contribution in [-0.4, -0.2) is 47.2 Å². The highest BCUT2D eigenvalue weighted by Crippen LogP contribution is 2.24. The Morgan fingerprint density at radius 3 is 2.52 bits per heavy atom. The fourth-order valence-electron chi connectivity index (χ4n) is 3.12. The van der Waals surface area contributed by atoms with Gasteiger partial charge in [0.25, 0.3) is 0 Å². The van der Waals surface area contributed by atoms with Crippen LogP contribution >= 0.6 is 0 Å². The molecule has 0 aliphatic rings. The van der Waals surface area contributed by atoms with Crippen molar-refractivity contribution in [2.24, 2.45) is 7.05 Å². The molecule has 2 aromatic carbocycles. The summed E-state index contributed by atoms with van der Waals surface area (Å²) < 4.78 is 7.91. The molecular weight excluding hydrogens is 370 g/mol. The summed E-state index contributed by atoms with van der Waals surface area (Å²) in [5.74, 6) is -0.338. The molecule has 0 unspecified atom stereocenters. The first kappa shape index (κ1) is 20.3. The number of carboxylic acids is 1. The van der Waals surface area contributed by atoms with E-state index in [-0.39, 0.29) is 11.6 Å². The standard InChI is InChI=1S/C22H25N3O4/c1-24(2)22(28)23-11-10-15-4-9-20-19(12-15)17(13-25(20)3)14-29-18-7-5-16(6-8-18)21(26)27/h4-9,12-13H,10-11,14H2,1-3H3,(H,23,28)(H,26,27). The van der Waals surface area contributed by atoms with E-state index in [0.29, 0.717) is 18.9 Å². The number of carbonyl (C=O) groups excluding carboxylic acids is 1. The van der Waals surface area contributed by atoms with Gasteiger partial charge in [0.1, 0.15) is 12.4 Å². The normalized spacial score (nSPS) is 10.7. The molecule has 0 bridgehead atoms. The molecule has 1 heterocycles. The first-order valence-corrected chi connectivity index (χ1v) is 9.33. The Hall–Kier alpha value is -3.48. The molecule has 7 nitrogen and oxygen atoms in total. The van der Waals surface area contributed by atoms with Crippen LogP contribution in [0.3, 0.4) is 0 Å². The lowest BCUT2D eigenvalue weighted by Gasteiger charge is -2.12. The number of nitrogens with zero attached hydrogens (tertiary/aromatic N) is 2. The summed E-state index contributed by atoms with van der Waals surface area (Å²) in [7, 11) is 5.42. The van der Waals surface area contributed by atoms with Crippen molar-refractivity contribution in [1.82, 2.24) is 14.8 Å². The molecule has 7 heteroatoms. The average molecular weight is 395 g/mol. The molecule has 0 spiro atoms. The number of carboxylic acid groups (broad SMARTS) is 1. The average Bonchev–Trinajstić information content (AvgIpc) is 3.01. The summed E-state index contributed by atoms with van der Waals surface area (Å²) in [6.07, 6.45) is 2.77. The van der Waals surface area contributed by atoms with E-state index in [4.69, 9.17) is 9.84 Å². The number of rotatable bonds is 7. The molecule has 1 aromatic heterocycles. The zero-order valence-electron chi connectivity index (χ0n) is 16.8. The van der Waals surface area contributed by atoms with Crippen molar-refractivity contribution in [3.8, 4) is 5.75 Å². The fraction of sp³-hybridized carbons (Fsp3) is 0.273. The maximum Gasteiger partial charge on any atom is 0.335 e. The van der Waals surface area contributed by atoms with E-state index in [2.05, 4.69) is 28.1 Å². The number of nitrogens with one attached hydrogen (secondary N) is 1. The van der Waals surface area contributed by atoms with Crippen molar-refractivity contribution in [2.45, 2.75) is 13.0 Å². The first-order valence-electron chi connectivity index (χ1n) is 9.33. The van der Waals surface area contributed by atoms with Crippen LogP contribution < -0.4 is 10.1 Å². The van der Waals surface area contributed by atoms with E-state index < -0.39 is 5.97 Å². The zero-order chi connectivity index (χ0) is 21.0. The lowest BCUT2D eigenvalue weighted by Crippen LogP contribution is -2.35. The van der Waals surface area contributed by atoms with Gasteiger partial charge in [-0.1, -0.05) is 6.07 Å². The van der Waals surface area contributed by atoms with Gasteiger partial charge in [-0.15, -0.1) is 0 Å². The minimum absolute atomic E-state index is 0.103. The van der Waals surface area contributed by atoms with Crippen molar-refractivity contribution in [2.75, 3.05) is 20.6 Å².